The minimum absolute atomic E-state index is 0.136. The zero-order valence-corrected chi connectivity index (χ0v) is 13.6. The number of hydrogen-bond donors (Lipinski definition) is 1. The minimum Gasteiger partial charge on any atom is -0.451 e. The van der Waals surface area contributed by atoms with Gasteiger partial charge in [0.1, 0.15) is 5.69 Å². The molecule has 0 saturated heterocycles. The lowest BCUT2D eigenvalue weighted by atomic mass is 10.1. The van der Waals surface area contributed by atoms with Crippen molar-refractivity contribution in [2.75, 3.05) is 16.8 Å². The fourth-order valence-corrected chi connectivity index (χ4v) is 2.72. The summed E-state index contributed by atoms with van der Waals surface area (Å²) in [6.07, 6.45) is 1.64. The van der Waals surface area contributed by atoms with E-state index in [2.05, 4.69) is 10.3 Å². The molecule has 25 heavy (non-hydrogen) atoms. The molecule has 0 spiro atoms. The van der Waals surface area contributed by atoms with Gasteiger partial charge in [-0.15, -0.1) is 0 Å². The highest BCUT2D eigenvalue weighted by atomic mass is 16.5. The number of esters is 1. The second kappa shape index (κ2) is 7.12. The second-order valence-corrected chi connectivity index (χ2v) is 5.67. The number of carbonyl (C=O) groups excluding carboxylic acids is 3. The van der Waals surface area contributed by atoms with E-state index in [1.165, 1.54) is 17.2 Å². The van der Waals surface area contributed by atoms with Crippen molar-refractivity contribution >= 4 is 29.2 Å². The van der Waals surface area contributed by atoms with Crippen molar-refractivity contribution < 1.29 is 19.1 Å². The van der Waals surface area contributed by atoms with E-state index in [-0.39, 0.29) is 24.1 Å². The quantitative estimate of drug-likeness (QED) is 0.864. The molecule has 0 unspecified atom stereocenters. The molecule has 1 aliphatic heterocycles. The van der Waals surface area contributed by atoms with Crippen molar-refractivity contribution in [1.82, 2.24) is 4.98 Å². The Morgan fingerprint density at radius 2 is 2.00 bits per heavy atom. The molecule has 1 aromatic carbocycles. The number of hydrogen-bond acceptors (Lipinski definition) is 5. The van der Waals surface area contributed by atoms with Gasteiger partial charge in [0.25, 0.3) is 5.91 Å². The number of carbonyl (C=O) groups is 3. The van der Waals surface area contributed by atoms with Crippen molar-refractivity contribution in [2.24, 2.45) is 0 Å². The summed E-state index contributed by atoms with van der Waals surface area (Å²) in [6, 6.07) is 11.5. The minimum atomic E-state index is -0.668. The van der Waals surface area contributed by atoms with Gasteiger partial charge in [-0.25, -0.2) is 9.78 Å². The summed E-state index contributed by atoms with van der Waals surface area (Å²) in [7, 11) is 0. The predicted octanol–water partition coefficient (Wildman–Crippen LogP) is 2.00. The zero-order chi connectivity index (χ0) is 17.8. The molecule has 2 aromatic rings. The highest BCUT2D eigenvalue weighted by molar-refractivity contribution is 6.05. The Hall–Kier alpha value is -3.22. The molecule has 0 radical (unpaired) electrons. The van der Waals surface area contributed by atoms with Gasteiger partial charge in [-0.3, -0.25) is 9.59 Å². The standard InChI is InChI=1S/C18H17N3O4/c1-12-10-16(22)20-13-6-2-3-8-15(13)21(12)17(23)11-25-18(24)14-7-4-5-9-19-14/h2-9,12H,10-11H2,1H3,(H,20,22)/t12-/m1/s1. The summed E-state index contributed by atoms with van der Waals surface area (Å²) in [6.45, 7) is 1.35. The molecule has 7 nitrogen and oxygen atoms in total. The number of nitrogens with one attached hydrogen (secondary N) is 1. The largest absolute Gasteiger partial charge is 0.451 e. The van der Waals surface area contributed by atoms with Crippen molar-refractivity contribution in [3.8, 4) is 0 Å². The topological polar surface area (TPSA) is 88.6 Å². The Kier molecular flexibility index (Phi) is 4.74. The van der Waals surface area contributed by atoms with Gasteiger partial charge in [-0.2, -0.15) is 0 Å². The first-order chi connectivity index (χ1) is 12.1. The van der Waals surface area contributed by atoms with Crippen LogP contribution in [0.4, 0.5) is 11.4 Å². The second-order valence-electron chi connectivity index (χ2n) is 5.67. The molecule has 128 valence electrons. The highest BCUT2D eigenvalue weighted by Crippen LogP contribution is 2.31. The first-order valence-corrected chi connectivity index (χ1v) is 7.85. The van der Waals surface area contributed by atoms with E-state index in [4.69, 9.17) is 4.74 Å². The molecule has 2 amide bonds. The average Bonchev–Trinajstić information content (AvgIpc) is 2.74. The monoisotopic (exact) mass is 339 g/mol. The molecule has 1 aliphatic rings. The van der Waals surface area contributed by atoms with E-state index in [9.17, 15) is 14.4 Å². The number of pyridine rings is 1. The molecule has 0 fully saturated rings. The molecule has 0 bridgehead atoms. The molecule has 1 aromatic heterocycles. The summed E-state index contributed by atoms with van der Waals surface area (Å²) in [4.78, 5) is 41.9. The van der Waals surface area contributed by atoms with E-state index < -0.39 is 18.5 Å². The average molecular weight is 339 g/mol. The molecule has 1 N–H and O–H groups in total. The zero-order valence-electron chi connectivity index (χ0n) is 13.6. The lowest BCUT2D eigenvalue weighted by molar-refractivity contribution is -0.122. The number of amides is 2. The van der Waals surface area contributed by atoms with Gasteiger partial charge in [0, 0.05) is 18.7 Å². The Morgan fingerprint density at radius 3 is 2.76 bits per heavy atom. The van der Waals surface area contributed by atoms with E-state index in [0.717, 1.165) is 0 Å². The Balaban J connectivity index is 1.76. The molecule has 2 heterocycles. The van der Waals surface area contributed by atoms with Crippen LogP contribution in [0.15, 0.2) is 48.7 Å². The number of aromatic nitrogens is 1. The molecule has 0 saturated carbocycles. The smallest absolute Gasteiger partial charge is 0.357 e. The summed E-state index contributed by atoms with van der Waals surface area (Å²) in [5.74, 6) is -1.24. The third-order valence-electron chi connectivity index (χ3n) is 3.83. The van der Waals surface area contributed by atoms with Gasteiger partial charge >= 0.3 is 5.97 Å². The number of rotatable bonds is 3. The normalized spacial score (nSPS) is 16.4. The lowest BCUT2D eigenvalue weighted by Gasteiger charge is -2.27. The van der Waals surface area contributed by atoms with E-state index in [1.807, 2.05) is 0 Å². The van der Waals surface area contributed by atoms with Gasteiger partial charge in [0.05, 0.1) is 11.4 Å². The van der Waals surface area contributed by atoms with Crippen LogP contribution in [0.5, 0.6) is 0 Å². The third-order valence-corrected chi connectivity index (χ3v) is 3.83. The number of anilines is 2. The van der Waals surface area contributed by atoms with Crippen LogP contribution in [-0.2, 0) is 14.3 Å². The molecule has 0 aliphatic carbocycles. The Bertz CT molecular complexity index is 807. The fraction of sp³-hybridized carbons (Fsp3) is 0.222. The fourth-order valence-electron chi connectivity index (χ4n) is 2.72. The van der Waals surface area contributed by atoms with Crippen LogP contribution in [0.1, 0.15) is 23.8 Å². The summed E-state index contributed by atoms with van der Waals surface area (Å²) in [5.41, 5.74) is 1.28. The van der Waals surface area contributed by atoms with Crippen LogP contribution in [0.3, 0.4) is 0 Å². The van der Waals surface area contributed by atoms with Gasteiger partial charge in [0.2, 0.25) is 5.91 Å². The number of fused-ring (bicyclic) bond motifs is 1. The van der Waals surface area contributed by atoms with Gasteiger partial charge in [-0.05, 0) is 31.2 Å². The maximum absolute atomic E-state index is 12.7. The maximum atomic E-state index is 12.7. The molecule has 7 heteroatoms. The maximum Gasteiger partial charge on any atom is 0.357 e. The van der Waals surface area contributed by atoms with E-state index >= 15 is 0 Å². The predicted molar refractivity (Wildman–Crippen MR) is 91.2 cm³/mol. The first-order valence-electron chi connectivity index (χ1n) is 7.85. The summed E-state index contributed by atoms with van der Waals surface area (Å²) < 4.78 is 5.08. The summed E-state index contributed by atoms with van der Waals surface area (Å²) >= 11 is 0. The Morgan fingerprint density at radius 1 is 1.24 bits per heavy atom. The van der Waals surface area contributed by atoms with E-state index in [1.54, 1.807) is 43.3 Å². The third kappa shape index (κ3) is 3.65. The van der Waals surface area contributed by atoms with Crippen LogP contribution >= 0.6 is 0 Å². The number of benzene rings is 1. The van der Waals surface area contributed by atoms with Crippen LogP contribution < -0.4 is 10.2 Å². The SMILES string of the molecule is C[C@@H]1CC(=O)Nc2ccccc2N1C(=O)COC(=O)c1ccccn1. The van der Waals surface area contributed by atoms with Gasteiger partial charge in [0.15, 0.2) is 6.61 Å². The molecule has 1 atom stereocenters. The van der Waals surface area contributed by atoms with Crippen LogP contribution in [0, 0.1) is 0 Å². The van der Waals surface area contributed by atoms with Gasteiger partial charge in [-0.1, -0.05) is 18.2 Å². The highest BCUT2D eigenvalue weighted by Gasteiger charge is 2.30. The van der Waals surface area contributed by atoms with Gasteiger partial charge < -0.3 is 15.0 Å². The lowest BCUT2D eigenvalue weighted by Crippen LogP contribution is -2.41. The van der Waals surface area contributed by atoms with Crippen molar-refractivity contribution in [3.63, 3.8) is 0 Å². The molecular weight excluding hydrogens is 322 g/mol. The van der Waals surface area contributed by atoms with Crippen molar-refractivity contribution in [2.45, 2.75) is 19.4 Å². The van der Waals surface area contributed by atoms with E-state index in [0.29, 0.717) is 11.4 Å². The van der Waals surface area contributed by atoms with Crippen LogP contribution in [0.2, 0.25) is 0 Å². The molecular formula is C18H17N3O4. The van der Waals surface area contributed by atoms with Crippen molar-refractivity contribution in [1.29, 1.82) is 0 Å². The van der Waals surface area contributed by atoms with Crippen LogP contribution in [-0.4, -0.2) is 35.4 Å². The first kappa shape index (κ1) is 16.6. The number of nitrogens with zero attached hydrogens (tertiary/aromatic N) is 2. The summed E-state index contributed by atoms with van der Waals surface area (Å²) in [5, 5.41) is 2.78. The number of ether oxygens (including phenoxy) is 1. The van der Waals surface area contributed by atoms with Crippen molar-refractivity contribution in [3.05, 3.63) is 54.4 Å². The number of para-hydroxylation sites is 2. The Labute approximate surface area is 144 Å². The van der Waals surface area contributed by atoms with Crippen LogP contribution in [0.25, 0.3) is 0 Å². The molecule has 3 rings (SSSR count).